The average Bonchev–Trinajstić information content (AvgIpc) is 2.74. The first-order valence-electron chi connectivity index (χ1n) is 9.16. The molecule has 0 spiro atoms. The van der Waals surface area contributed by atoms with Crippen molar-refractivity contribution in [3.8, 4) is 11.1 Å². The van der Waals surface area contributed by atoms with E-state index in [1.54, 1.807) is 42.5 Å². The molecule has 3 aromatic carbocycles. The van der Waals surface area contributed by atoms with Crippen molar-refractivity contribution in [1.29, 1.82) is 0 Å². The van der Waals surface area contributed by atoms with Gasteiger partial charge in [0, 0.05) is 15.6 Å². The molecule has 0 saturated carbocycles. The van der Waals surface area contributed by atoms with E-state index in [2.05, 4.69) is 22.6 Å². The molecule has 1 atom stereocenters. The molecule has 0 bridgehead atoms. The lowest BCUT2D eigenvalue weighted by molar-refractivity contribution is -0.140. The highest BCUT2D eigenvalue weighted by molar-refractivity contribution is 14.1. The van der Waals surface area contributed by atoms with Gasteiger partial charge in [-0.3, -0.25) is 9.59 Å². The molecule has 7 heteroatoms. The second-order valence-corrected chi connectivity index (χ2v) is 10.1. The van der Waals surface area contributed by atoms with Crippen LogP contribution >= 0.6 is 22.6 Å². The van der Waals surface area contributed by atoms with Gasteiger partial charge in [0.2, 0.25) is 0 Å². The molecule has 0 unspecified atom stereocenters. The van der Waals surface area contributed by atoms with Crippen LogP contribution < -0.4 is 0 Å². The zero-order chi connectivity index (χ0) is 21.7. The third-order valence-corrected chi connectivity index (χ3v) is 7.24. The highest BCUT2D eigenvalue weighted by Crippen LogP contribution is 2.23. The van der Waals surface area contributed by atoms with Gasteiger partial charge in [0.15, 0.2) is 15.6 Å². The summed E-state index contributed by atoms with van der Waals surface area (Å²) in [6.45, 7) is 0. The van der Waals surface area contributed by atoms with Crippen molar-refractivity contribution < 1.29 is 23.1 Å². The molecule has 0 fully saturated rings. The summed E-state index contributed by atoms with van der Waals surface area (Å²) >= 11 is 2.22. The average molecular weight is 534 g/mol. The third-order valence-electron chi connectivity index (χ3n) is 4.69. The second-order valence-electron chi connectivity index (χ2n) is 6.84. The number of hydrogen-bond donors (Lipinski definition) is 1. The summed E-state index contributed by atoms with van der Waals surface area (Å²) in [4.78, 5) is 24.3. The molecule has 3 aromatic rings. The van der Waals surface area contributed by atoms with Gasteiger partial charge >= 0.3 is 5.97 Å². The van der Waals surface area contributed by atoms with E-state index in [-0.39, 0.29) is 11.3 Å². The molecule has 5 nitrogen and oxygen atoms in total. The number of rotatable bonds is 8. The maximum atomic E-state index is 12.6. The van der Waals surface area contributed by atoms with Gasteiger partial charge in [0.05, 0.1) is 16.6 Å². The number of ketones is 1. The molecule has 0 amide bonds. The van der Waals surface area contributed by atoms with E-state index >= 15 is 0 Å². The summed E-state index contributed by atoms with van der Waals surface area (Å²) in [5, 5.41) is 9.48. The monoisotopic (exact) mass is 534 g/mol. The Hall–Kier alpha value is -2.52. The molecule has 0 saturated heterocycles. The lowest BCUT2D eigenvalue weighted by Crippen LogP contribution is -2.26. The minimum absolute atomic E-state index is 0.0468. The fraction of sp³-hybridized carbons (Fsp3) is 0.130. The zero-order valence-electron chi connectivity index (χ0n) is 15.9. The van der Waals surface area contributed by atoms with Gasteiger partial charge in [-0.2, -0.15) is 0 Å². The van der Waals surface area contributed by atoms with Crippen molar-refractivity contribution in [2.75, 3.05) is 5.75 Å². The van der Waals surface area contributed by atoms with E-state index in [1.807, 2.05) is 24.3 Å². The fourth-order valence-corrected chi connectivity index (χ4v) is 4.95. The van der Waals surface area contributed by atoms with Crippen molar-refractivity contribution in [1.82, 2.24) is 0 Å². The predicted octanol–water partition coefficient (Wildman–Crippen LogP) is 4.71. The maximum Gasteiger partial charge on any atom is 0.308 e. The van der Waals surface area contributed by atoms with Crippen LogP contribution in [0.5, 0.6) is 0 Å². The van der Waals surface area contributed by atoms with Crippen LogP contribution in [0.15, 0.2) is 83.8 Å². The molecular formula is C23H19IO5S. The number of hydrogen-bond acceptors (Lipinski definition) is 4. The minimum Gasteiger partial charge on any atom is -0.481 e. The molecule has 154 valence electrons. The van der Waals surface area contributed by atoms with Crippen LogP contribution in [0.2, 0.25) is 0 Å². The lowest BCUT2D eigenvalue weighted by atomic mass is 9.97. The lowest BCUT2D eigenvalue weighted by Gasteiger charge is -2.13. The molecule has 0 aliphatic heterocycles. The van der Waals surface area contributed by atoms with Gasteiger partial charge in [0.1, 0.15) is 0 Å². The van der Waals surface area contributed by atoms with Crippen molar-refractivity contribution in [2.45, 2.75) is 11.3 Å². The Bertz CT molecular complexity index is 1140. The van der Waals surface area contributed by atoms with E-state index in [0.717, 1.165) is 14.7 Å². The minimum atomic E-state index is -3.81. The number of benzene rings is 3. The zero-order valence-corrected chi connectivity index (χ0v) is 18.8. The van der Waals surface area contributed by atoms with Crippen molar-refractivity contribution in [3.05, 3.63) is 88.0 Å². The van der Waals surface area contributed by atoms with Gasteiger partial charge < -0.3 is 5.11 Å². The number of sulfone groups is 1. The van der Waals surface area contributed by atoms with E-state index in [9.17, 15) is 23.1 Å². The molecule has 0 aliphatic carbocycles. The molecule has 1 N–H and O–H groups in total. The smallest absolute Gasteiger partial charge is 0.308 e. The van der Waals surface area contributed by atoms with Crippen LogP contribution in [0.4, 0.5) is 0 Å². The van der Waals surface area contributed by atoms with Gasteiger partial charge in [-0.25, -0.2) is 8.42 Å². The maximum absolute atomic E-state index is 12.6. The normalized spacial score (nSPS) is 12.3. The molecule has 0 radical (unpaired) electrons. The van der Waals surface area contributed by atoms with Crippen LogP contribution in [0.25, 0.3) is 11.1 Å². The molecule has 3 rings (SSSR count). The van der Waals surface area contributed by atoms with Gasteiger partial charge in [-0.1, -0.05) is 54.6 Å². The number of Topliss-reactive ketones (excluding diaryl/α,β-unsaturated/α-hetero) is 1. The Labute approximate surface area is 188 Å². The number of carboxylic acids is 1. The quantitative estimate of drug-likeness (QED) is 0.334. The Balaban J connectivity index is 1.74. The first-order valence-corrected chi connectivity index (χ1v) is 11.9. The van der Waals surface area contributed by atoms with E-state index in [1.165, 1.54) is 12.1 Å². The molecule has 0 aliphatic rings. The van der Waals surface area contributed by atoms with Crippen molar-refractivity contribution in [3.63, 3.8) is 0 Å². The van der Waals surface area contributed by atoms with E-state index in [0.29, 0.717) is 5.56 Å². The first-order chi connectivity index (χ1) is 14.3. The number of aliphatic carboxylic acids is 1. The van der Waals surface area contributed by atoms with Crippen LogP contribution in [-0.2, 0) is 14.6 Å². The highest BCUT2D eigenvalue weighted by atomic mass is 127. The molecule has 0 heterocycles. The summed E-state index contributed by atoms with van der Waals surface area (Å²) in [5.41, 5.74) is 2.30. The standard InChI is InChI=1S/C23H19IO5S/c24-20-12-10-17(11-13-20)16-6-8-18(9-7-16)22(25)14-19(23(26)27)15-30(28,29)21-4-2-1-3-5-21/h1-13,19H,14-15H2,(H,26,27)/t19-/m1/s1. The summed E-state index contributed by atoms with van der Waals surface area (Å²) in [6.07, 6.45) is -0.385. The highest BCUT2D eigenvalue weighted by Gasteiger charge is 2.29. The predicted molar refractivity (Wildman–Crippen MR) is 123 cm³/mol. The van der Waals surface area contributed by atoms with Crippen molar-refractivity contribution >= 4 is 44.2 Å². The largest absolute Gasteiger partial charge is 0.481 e. The number of carboxylic acid groups (broad SMARTS) is 1. The van der Waals surface area contributed by atoms with E-state index < -0.39 is 33.3 Å². The SMILES string of the molecule is O=C(C[C@H](CS(=O)(=O)c1ccccc1)C(=O)O)c1ccc(-c2ccc(I)cc2)cc1. The van der Waals surface area contributed by atoms with Crippen LogP contribution in [-0.4, -0.2) is 31.0 Å². The summed E-state index contributed by atoms with van der Waals surface area (Å²) in [6, 6.07) is 22.5. The number of carbonyl (C=O) groups excluding carboxylic acids is 1. The van der Waals surface area contributed by atoms with Gasteiger partial charge in [0.25, 0.3) is 0 Å². The van der Waals surface area contributed by atoms with Crippen LogP contribution in [0.3, 0.4) is 0 Å². The van der Waals surface area contributed by atoms with Crippen LogP contribution in [0.1, 0.15) is 16.8 Å². The third kappa shape index (κ3) is 5.54. The Kier molecular flexibility index (Phi) is 7.04. The Morgan fingerprint density at radius 1 is 0.833 bits per heavy atom. The number of carbonyl (C=O) groups is 2. The van der Waals surface area contributed by atoms with Gasteiger partial charge in [-0.05, 0) is 58.0 Å². The number of halogens is 1. The van der Waals surface area contributed by atoms with Crippen LogP contribution in [0, 0.1) is 9.49 Å². The summed E-state index contributed by atoms with van der Waals surface area (Å²) in [7, 11) is -3.81. The van der Waals surface area contributed by atoms with E-state index in [4.69, 9.17) is 0 Å². The summed E-state index contributed by atoms with van der Waals surface area (Å²) in [5.74, 6) is -3.66. The Morgan fingerprint density at radius 2 is 1.37 bits per heavy atom. The second kappa shape index (κ2) is 9.53. The molecule has 30 heavy (non-hydrogen) atoms. The Morgan fingerprint density at radius 3 is 1.90 bits per heavy atom. The summed E-state index contributed by atoms with van der Waals surface area (Å²) < 4.78 is 26.1. The molecular weight excluding hydrogens is 515 g/mol. The topological polar surface area (TPSA) is 88.5 Å². The van der Waals surface area contributed by atoms with Gasteiger partial charge in [-0.15, -0.1) is 0 Å². The van der Waals surface area contributed by atoms with Crippen molar-refractivity contribution in [2.24, 2.45) is 5.92 Å². The molecule has 0 aromatic heterocycles. The fourth-order valence-electron chi connectivity index (χ4n) is 3.04. The first kappa shape index (κ1) is 22.2.